The maximum Gasteiger partial charge on any atom is 0.275 e. The van der Waals surface area contributed by atoms with Crippen LogP contribution < -0.4 is 19.5 Å². The summed E-state index contributed by atoms with van der Waals surface area (Å²) < 4.78 is 17.8. The highest BCUT2D eigenvalue weighted by Crippen LogP contribution is 2.38. The minimum Gasteiger partial charge on any atom is -0.493 e. The smallest absolute Gasteiger partial charge is 0.275 e. The quantitative estimate of drug-likeness (QED) is 0.424. The summed E-state index contributed by atoms with van der Waals surface area (Å²) in [5.41, 5.74) is 2.78. The van der Waals surface area contributed by atoms with Gasteiger partial charge in [-0.15, -0.1) is 0 Å². The van der Waals surface area contributed by atoms with Crippen molar-refractivity contribution >= 4 is 17.7 Å². The maximum absolute atomic E-state index is 13.3. The zero-order chi connectivity index (χ0) is 27.9. The van der Waals surface area contributed by atoms with Crippen LogP contribution in [0.15, 0.2) is 48.7 Å². The van der Waals surface area contributed by atoms with E-state index in [0.717, 1.165) is 11.3 Å². The van der Waals surface area contributed by atoms with Gasteiger partial charge in [-0.3, -0.25) is 14.4 Å². The Labute approximate surface area is 227 Å². The third kappa shape index (κ3) is 5.97. The molecule has 3 amide bonds. The molecule has 11 nitrogen and oxygen atoms in total. The number of aromatic nitrogens is 2. The highest BCUT2D eigenvalue weighted by molar-refractivity contribution is 5.97. The zero-order valence-corrected chi connectivity index (χ0v) is 22.6. The lowest BCUT2D eigenvalue weighted by molar-refractivity contribution is -0.141. The molecule has 0 aliphatic carbocycles. The number of benzene rings is 2. The van der Waals surface area contributed by atoms with Gasteiger partial charge in [0.2, 0.25) is 11.7 Å². The van der Waals surface area contributed by atoms with E-state index in [1.54, 1.807) is 16.8 Å². The fourth-order valence-electron chi connectivity index (χ4n) is 4.56. The number of nitrogens with one attached hydrogen (secondary N) is 1. The number of ether oxygens (including phenoxy) is 3. The first-order valence-corrected chi connectivity index (χ1v) is 12.7. The lowest BCUT2D eigenvalue weighted by Gasteiger charge is -2.28. The lowest BCUT2D eigenvalue weighted by atomic mass is 10.1. The Morgan fingerprint density at radius 1 is 0.949 bits per heavy atom. The van der Waals surface area contributed by atoms with Crippen LogP contribution in [0.4, 0.5) is 0 Å². The molecule has 11 heteroatoms. The summed E-state index contributed by atoms with van der Waals surface area (Å²) in [5, 5.41) is 9.88. The third-order valence-corrected chi connectivity index (χ3v) is 6.60. The molecule has 0 saturated carbocycles. The van der Waals surface area contributed by atoms with Crippen LogP contribution in [-0.4, -0.2) is 78.5 Å². The van der Waals surface area contributed by atoms with Crippen molar-refractivity contribution in [1.82, 2.24) is 25.1 Å². The molecule has 2 heterocycles. The van der Waals surface area contributed by atoms with Crippen LogP contribution in [0.3, 0.4) is 0 Å². The zero-order valence-electron chi connectivity index (χ0n) is 22.6. The number of para-hydroxylation sites is 1. The van der Waals surface area contributed by atoms with Gasteiger partial charge in [-0.2, -0.15) is 5.10 Å². The van der Waals surface area contributed by atoms with Gasteiger partial charge in [0.1, 0.15) is 0 Å². The molecule has 2 aromatic carbocycles. The number of hydrogen-bond acceptors (Lipinski definition) is 7. The second-order valence-electron chi connectivity index (χ2n) is 9.00. The fraction of sp³-hybridized carbons (Fsp3) is 0.357. The molecule has 1 fully saturated rings. The largest absolute Gasteiger partial charge is 0.493 e. The third-order valence-electron chi connectivity index (χ3n) is 6.60. The predicted molar refractivity (Wildman–Crippen MR) is 143 cm³/mol. The first-order chi connectivity index (χ1) is 18.9. The molecule has 1 saturated heterocycles. The van der Waals surface area contributed by atoms with Crippen molar-refractivity contribution in [3.8, 4) is 22.9 Å². The van der Waals surface area contributed by atoms with Gasteiger partial charge in [-0.1, -0.05) is 18.2 Å². The van der Waals surface area contributed by atoms with Crippen molar-refractivity contribution < 1.29 is 28.6 Å². The van der Waals surface area contributed by atoms with Gasteiger partial charge in [0.05, 0.1) is 51.0 Å². The summed E-state index contributed by atoms with van der Waals surface area (Å²) in [4.78, 5) is 38.8. The SMILES string of the molecule is COc1cc(CCC(=O)NCC(=O)N2CCCN2C(=O)c2cnn(-c3ccccc3)c2C)cc(OC)c1OC. The van der Waals surface area contributed by atoms with Gasteiger partial charge in [-0.25, -0.2) is 14.7 Å². The number of amides is 3. The summed E-state index contributed by atoms with van der Waals surface area (Å²) in [5.74, 6) is 0.557. The van der Waals surface area contributed by atoms with E-state index >= 15 is 0 Å². The van der Waals surface area contributed by atoms with Gasteiger partial charge >= 0.3 is 0 Å². The van der Waals surface area contributed by atoms with Gasteiger partial charge in [-0.05, 0) is 49.6 Å². The van der Waals surface area contributed by atoms with Crippen LogP contribution in [-0.2, 0) is 16.0 Å². The standard InChI is InChI=1S/C28H33N5O6/c1-19-22(17-30-33(19)21-9-6-5-7-10-21)28(36)32-14-8-13-31(32)26(35)18-29-25(34)12-11-20-15-23(37-2)27(39-4)24(16-20)38-3/h5-7,9-10,15-17H,8,11-14,18H2,1-4H3,(H,29,34). The molecule has 0 spiro atoms. The second-order valence-corrected chi connectivity index (χ2v) is 9.00. The normalized spacial score (nSPS) is 12.8. The first kappa shape index (κ1) is 27.5. The van der Waals surface area contributed by atoms with E-state index in [1.165, 1.54) is 37.5 Å². The summed E-state index contributed by atoms with van der Waals surface area (Å²) in [6.45, 7) is 2.43. The Kier molecular flexibility index (Phi) is 8.70. The molecule has 3 aromatic rings. The molecule has 1 N–H and O–H groups in total. The van der Waals surface area contributed by atoms with Gasteiger partial charge < -0.3 is 19.5 Å². The van der Waals surface area contributed by atoms with Crippen LogP contribution in [0, 0.1) is 6.92 Å². The molecular weight excluding hydrogens is 502 g/mol. The van der Waals surface area contributed by atoms with Crippen molar-refractivity contribution in [1.29, 1.82) is 0 Å². The van der Waals surface area contributed by atoms with Crippen LogP contribution in [0.2, 0.25) is 0 Å². The van der Waals surface area contributed by atoms with Crippen molar-refractivity contribution in [3.63, 3.8) is 0 Å². The van der Waals surface area contributed by atoms with E-state index in [2.05, 4.69) is 10.4 Å². The van der Waals surface area contributed by atoms with Crippen LogP contribution in [0.5, 0.6) is 17.2 Å². The van der Waals surface area contributed by atoms with Gasteiger partial charge in [0.15, 0.2) is 11.5 Å². The average molecular weight is 536 g/mol. The number of methoxy groups -OCH3 is 3. The molecule has 39 heavy (non-hydrogen) atoms. The average Bonchev–Trinajstić information content (AvgIpc) is 3.61. The predicted octanol–water partition coefficient (Wildman–Crippen LogP) is 2.55. The number of carbonyl (C=O) groups excluding carboxylic acids is 3. The highest BCUT2D eigenvalue weighted by Gasteiger charge is 2.33. The number of carbonyl (C=O) groups is 3. The van der Waals surface area contributed by atoms with Crippen molar-refractivity contribution in [2.45, 2.75) is 26.2 Å². The van der Waals surface area contributed by atoms with E-state index in [-0.39, 0.29) is 30.7 Å². The highest BCUT2D eigenvalue weighted by atomic mass is 16.5. The summed E-state index contributed by atoms with van der Waals surface area (Å²) in [6.07, 6.45) is 2.75. The molecule has 0 atom stereocenters. The van der Waals surface area contributed by atoms with E-state index < -0.39 is 0 Å². The number of rotatable bonds is 10. The van der Waals surface area contributed by atoms with Crippen molar-refractivity contribution in [3.05, 3.63) is 65.5 Å². The Morgan fingerprint density at radius 2 is 1.62 bits per heavy atom. The monoisotopic (exact) mass is 535 g/mol. The number of aryl methyl sites for hydroxylation is 1. The van der Waals surface area contributed by atoms with Crippen LogP contribution >= 0.6 is 0 Å². The summed E-state index contributed by atoms with van der Waals surface area (Å²) >= 11 is 0. The lowest BCUT2D eigenvalue weighted by Crippen LogP contribution is -2.48. The molecule has 4 rings (SSSR count). The topological polar surface area (TPSA) is 115 Å². The molecule has 0 bridgehead atoms. The van der Waals surface area contributed by atoms with E-state index in [4.69, 9.17) is 14.2 Å². The number of hydrogen-bond donors (Lipinski definition) is 1. The first-order valence-electron chi connectivity index (χ1n) is 12.7. The molecule has 1 aliphatic heterocycles. The molecule has 0 radical (unpaired) electrons. The molecule has 206 valence electrons. The van der Waals surface area contributed by atoms with Gasteiger partial charge in [0.25, 0.3) is 11.8 Å². The van der Waals surface area contributed by atoms with Crippen LogP contribution in [0.25, 0.3) is 5.69 Å². The fourth-order valence-corrected chi connectivity index (χ4v) is 4.56. The maximum atomic E-state index is 13.3. The van der Waals surface area contributed by atoms with Crippen molar-refractivity contribution in [2.24, 2.45) is 0 Å². The minimum absolute atomic E-state index is 0.159. The number of nitrogens with zero attached hydrogens (tertiary/aromatic N) is 4. The Hall–Kier alpha value is -4.54. The van der Waals surface area contributed by atoms with Gasteiger partial charge in [0, 0.05) is 19.5 Å². The summed E-state index contributed by atoms with van der Waals surface area (Å²) in [7, 11) is 4.59. The Bertz CT molecular complexity index is 1310. The molecule has 1 aliphatic rings. The van der Waals surface area contributed by atoms with E-state index in [1.807, 2.05) is 37.3 Å². The Morgan fingerprint density at radius 3 is 2.26 bits per heavy atom. The Balaban J connectivity index is 1.34. The molecule has 0 unspecified atom stereocenters. The number of hydrazine groups is 1. The van der Waals surface area contributed by atoms with E-state index in [9.17, 15) is 14.4 Å². The van der Waals surface area contributed by atoms with E-state index in [0.29, 0.717) is 54.4 Å². The summed E-state index contributed by atoms with van der Waals surface area (Å²) in [6, 6.07) is 13.1. The minimum atomic E-state index is -0.352. The molecule has 1 aromatic heterocycles. The van der Waals surface area contributed by atoms with Crippen molar-refractivity contribution in [2.75, 3.05) is 41.0 Å². The second kappa shape index (κ2) is 12.3. The molecular formula is C28H33N5O6. The van der Waals surface area contributed by atoms with Crippen LogP contribution in [0.1, 0.15) is 34.5 Å².